The van der Waals surface area contributed by atoms with E-state index in [0.29, 0.717) is 11.3 Å². The highest BCUT2D eigenvalue weighted by Crippen LogP contribution is 2.19. The van der Waals surface area contributed by atoms with E-state index in [-0.39, 0.29) is 11.6 Å². The summed E-state index contributed by atoms with van der Waals surface area (Å²) in [6.07, 6.45) is 3.62. The highest BCUT2D eigenvalue weighted by atomic mass is 32.2. The standard InChI is InChI=1S/C13H12FNOS/c1-15-6-5-10(8-15)13(16)9-17-12-4-2-3-11(14)7-12/h2-8H,9H2,1H3. The van der Waals surface area contributed by atoms with Crippen LogP contribution in [0.4, 0.5) is 4.39 Å². The van der Waals surface area contributed by atoms with E-state index >= 15 is 0 Å². The van der Waals surface area contributed by atoms with Crippen LogP contribution in [0.25, 0.3) is 0 Å². The molecular weight excluding hydrogens is 237 g/mol. The first-order valence-corrected chi connectivity index (χ1v) is 6.17. The third-order valence-electron chi connectivity index (χ3n) is 2.32. The van der Waals surface area contributed by atoms with Crippen molar-refractivity contribution in [3.8, 4) is 0 Å². The number of carbonyl (C=O) groups excluding carboxylic acids is 1. The SMILES string of the molecule is Cn1ccc(C(=O)CSc2cccc(F)c2)c1. The molecule has 0 amide bonds. The molecule has 0 saturated carbocycles. The van der Waals surface area contributed by atoms with Gasteiger partial charge in [-0.1, -0.05) is 6.07 Å². The van der Waals surface area contributed by atoms with Crippen LogP contribution in [0.15, 0.2) is 47.6 Å². The molecule has 0 saturated heterocycles. The minimum atomic E-state index is -0.276. The molecule has 1 aromatic carbocycles. The Kier molecular flexibility index (Phi) is 3.64. The molecule has 0 fully saturated rings. The fraction of sp³-hybridized carbons (Fsp3) is 0.154. The van der Waals surface area contributed by atoms with Gasteiger partial charge in [-0.2, -0.15) is 0 Å². The molecule has 4 heteroatoms. The highest BCUT2D eigenvalue weighted by molar-refractivity contribution is 8.00. The summed E-state index contributed by atoms with van der Waals surface area (Å²) < 4.78 is 14.7. The van der Waals surface area contributed by atoms with Gasteiger partial charge in [-0.05, 0) is 24.3 Å². The molecule has 17 heavy (non-hydrogen) atoms. The van der Waals surface area contributed by atoms with Crippen molar-refractivity contribution in [2.75, 3.05) is 5.75 Å². The van der Waals surface area contributed by atoms with Crippen molar-refractivity contribution in [2.45, 2.75) is 4.90 Å². The van der Waals surface area contributed by atoms with Crippen molar-refractivity contribution in [2.24, 2.45) is 7.05 Å². The first-order valence-electron chi connectivity index (χ1n) is 5.19. The van der Waals surface area contributed by atoms with Gasteiger partial charge in [-0.15, -0.1) is 11.8 Å². The Bertz CT molecular complexity index is 536. The predicted octanol–water partition coefficient (Wildman–Crippen LogP) is 3.14. The van der Waals surface area contributed by atoms with E-state index in [0.717, 1.165) is 4.90 Å². The van der Waals surface area contributed by atoms with Gasteiger partial charge in [0.05, 0.1) is 5.75 Å². The summed E-state index contributed by atoms with van der Waals surface area (Å²) >= 11 is 1.35. The van der Waals surface area contributed by atoms with Crippen molar-refractivity contribution in [3.63, 3.8) is 0 Å². The Balaban J connectivity index is 1.97. The predicted molar refractivity (Wildman–Crippen MR) is 66.9 cm³/mol. The molecule has 0 atom stereocenters. The van der Waals surface area contributed by atoms with Crippen LogP contribution < -0.4 is 0 Å². The normalized spacial score (nSPS) is 10.5. The monoisotopic (exact) mass is 249 g/mol. The molecule has 0 aliphatic rings. The zero-order valence-corrected chi connectivity index (χ0v) is 10.2. The van der Waals surface area contributed by atoms with Crippen molar-refractivity contribution >= 4 is 17.5 Å². The van der Waals surface area contributed by atoms with Gasteiger partial charge < -0.3 is 4.57 Å². The summed E-state index contributed by atoms with van der Waals surface area (Å²) in [4.78, 5) is 12.6. The minimum absolute atomic E-state index is 0.0554. The molecule has 0 N–H and O–H groups in total. The van der Waals surface area contributed by atoms with E-state index in [1.807, 2.05) is 17.8 Å². The van der Waals surface area contributed by atoms with Crippen LogP contribution in [0.1, 0.15) is 10.4 Å². The summed E-state index contributed by atoms with van der Waals surface area (Å²) in [6, 6.07) is 8.05. The van der Waals surface area contributed by atoms with Crippen LogP contribution in [0.3, 0.4) is 0 Å². The van der Waals surface area contributed by atoms with Gasteiger partial charge in [-0.3, -0.25) is 4.79 Å². The Morgan fingerprint density at radius 2 is 2.24 bits per heavy atom. The molecule has 0 bridgehead atoms. The maximum absolute atomic E-state index is 12.9. The Morgan fingerprint density at radius 3 is 2.88 bits per heavy atom. The lowest BCUT2D eigenvalue weighted by Gasteiger charge is -2.00. The van der Waals surface area contributed by atoms with Crippen LogP contribution >= 0.6 is 11.8 Å². The molecule has 88 valence electrons. The molecule has 0 spiro atoms. The summed E-state index contributed by atoms with van der Waals surface area (Å²) in [5.41, 5.74) is 0.691. The quantitative estimate of drug-likeness (QED) is 0.613. The molecule has 0 unspecified atom stereocenters. The summed E-state index contributed by atoms with van der Waals surface area (Å²) in [7, 11) is 1.87. The van der Waals surface area contributed by atoms with Crippen LogP contribution in [0.5, 0.6) is 0 Å². The zero-order valence-electron chi connectivity index (χ0n) is 9.39. The molecule has 2 aromatic rings. The molecule has 2 nitrogen and oxygen atoms in total. The lowest BCUT2D eigenvalue weighted by atomic mass is 10.2. The third-order valence-corrected chi connectivity index (χ3v) is 3.31. The number of hydrogen-bond acceptors (Lipinski definition) is 2. The van der Waals surface area contributed by atoms with Crippen molar-refractivity contribution in [1.82, 2.24) is 4.57 Å². The molecule has 2 rings (SSSR count). The second-order valence-electron chi connectivity index (χ2n) is 3.73. The molecule has 0 radical (unpaired) electrons. The largest absolute Gasteiger partial charge is 0.357 e. The van der Waals surface area contributed by atoms with Gasteiger partial charge in [0, 0.05) is 29.9 Å². The van der Waals surface area contributed by atoms with E-state index < -0.39 is 0 Å². The first-order chi connectivity index (χ1) is 8.15. The number of carbonyl (C=O) groups is 1. The lowest BCUT2D eigenvalue weighted by Crippen LogP contribution is -2.00. The number of Topliss-reactive ketones (excluding diaryl/α,β-unsaturated/α-hetero) is 1. The topological polar surface area (TPSA) is 22.0 Å². The average Bonchev–Trinajstić information content (AvgIpc) is 2.73. The number of ketones is 1. The van der Waals surface area contributed by atoms with E-state index in [2.05, 4.69) is 0 Å². The molecule has 1 heterocycles. The van der Waals surface area contributed by atoms with Crippen molar-refractivity contribution in [1.29, 1.82) is 0 Å². The molecule has 0 aliphatic carbocycles. The number of rotatable bonds is 4. The average molecular weight is 249 g/mol. The fourth-order valence-electron chi connectivity index (χ4n) is 1.46. The second kappa shape index (κ2) is 5.19. The third kappa shape index (κ3) is 3.20. The Morgan fingerprint density at radius 1 is 1.41 bits per heavy atom. The fourth-order valence-corrected chi connectivity index (χ4v) is 2.29. The van der Waals surface area contributed by atoms with Gasteiger partial charge in [0.2, 0.25) is 0 Å². The van der Waals surface area contributed by atoms with Crippen LogP contribution in [-0.2, 0) is 7.05 Å². The van der Waals surface area contributed by atoms with E-state index in [1.54, 1.807) is 24.4 Å². The number of benzene rings is 1. The maximum Gasteiger partial charge on any atom is 0.174 e. The molecule has 0 aliphatic heterocycles. The summed E-state index contributed by atoms with van der Waals surface area (Å²) in [5, 5.41) is 0. The van der Waals surface area contributed by atoms with E-state index in [1.165, 1.54) is 23.9 Å². The summed E-state index contributed by atoms with van der Waals surface area (Å²) in [5.74, 6) is 0.107. The lowest BCUT2D eigenvalue weighted by molar-refractivity contribution is 0.102. The van der Waals surface area contributed by atoms with Crippen molar-refractivity contribution < 1.29 is 9.18 Å². The maximum atomic E-state index is 12.9. The van der Waals surface area contributed by atoms with E-state index in [4.69, 9.17) is 0 Å². The molecule has 1 aromatic heterocycles. The van der Waals surface area contributed by atoms with Crippen LogP contribution in [0.2, 0.25) is 0 Å². The van der Waals surface area contributed by atoms with Gasteiger partial charge in [0.15, 0.2) is 5.78 Å². The smallest absolute Gasteiger partial charge is 0.174 e. The number of aryl methyl sites for hydroxylation is 1. The number of nitrogens with zero attached hydrogens (tertiary/aromatic N) is 1. The Hall–Kier alpha value is -1.55. The van der Waals surface area contributed by atoms with E-state index in [9.17, 15) is 9.18 Å². The zero-order chi connectivity index (χ0) is 12.3. The second-order valence-corrected chi connectivity index (χ2v) is 4.78. The number of hydrogen-bond donors (Lipinski definition) is 0. The van der Waals surface area contributed by atoms with Gasteiger partial charge in [0.25, 0.3) is 0 Å². The Labute approximate surface area is 103 Å². The van der Waals surface area contributed by atoms with Crippen molar-refractivity contribution in [3.05, 3.63) is 54.1 Å². The van der Waals surface area contributed by atoms with Crippen LogP contribution in [-0.4, -0.2) is 16.1 Å². The summed E-state index contributed by atoms with van der Waals surface area (Å²) in [6.45, 7) is 0. The number of halogens is 1. The first kappa shape index (κ1) is 11.9. The minimum Gasteiger partial charge on any atom is -0.357 e. The number of thioether (sulfide) groups is 1. The highest BCUT2D eigenvalue weighted by Gasteiger charge is 2.07. The van der Waals surface area contributed by atoms with Gasteiger partial charge in [-0.25, -0.2) is 4.39 Å². The molecular formula is C13H12FNOS. The van der Waals surface area contributed by atoms with Gasteiger partial charge in [0.1, 0.15) is 5.82 Å². The number of aromatic nitrogens is 1. The van der Waals surface area contributed by atoms with Crippen LogP contribution in [0, 0.1) is 5.82 Å². The van der Waals surface area contributed by atoms with Gasteiger partial charge >= 0.3 is 0 Å².